The number of hydrogen-bond donors (Lipinski definition) is 1. The van der Waals surface area contributed by atoms with Crippen molar-refractivity contribution in [3.8, 4) is 5.75 Å². The Morgan fingerprint density at radius 2 is 1.80 bits per heavy atom. The molecule has 0 unspecified atom stereocenters. The van der Waals surface area contributed by atoms with Gasteiger partial charge in [0.15, 0.2) is 0 Å². The van der Waals surface area contributed by atoms with E-state index in [4.69, 9.17) is 4.74 Å². The molecular weight excluding hydrogens is 246 g/mol. The average molecular weight is 275 g/mol. The van der Waals surface area contributed by atoms with Crippen LogP contribution in [-0.4, -0.2) is 19.2 Å². The standard InChI is InChI=1S/C18H29NO/c1-13(2)9-15-10-16(14(3)4)12-18(11-15)20-17-5-7-19-8-6-17/h10-14,17,19H,5-9H2,1-4H3. The third kappa shape index (κ3) is 4.52. The van der Waals surface area contributed by atoms with Crippen molar-refractivity contribution < 1.29 is 4.74 Å². The first-order valence-corrected chi connectivity index (χ1v) is 8.06. The molecule has 1 aliphatic heterocycles. The van der Waals surface area contributed by atoms with E-state index in [9.17, 15) is 0 Å². The summed E-state index contributed by atoms with van der Waals surface area (Å²) >= 11 is 0. The molecule has 1 aliphatic rings. The van der Waals surface area contributed by atoms with Crippen molar-refractivity contribution in [3.63, 3.8) is 0 Å². The maximum Gasteiger partial charge on any atom is 0.120 e. The van der Waals surface area contributed by atoms with Gasteiger partial charge in [-0.2, -0.15) is 0 Å². The Bertz CT molecular complexity index is 419. The molecule has 0 bridgehead atoms. The lowest BCUT2D eigenvalue weighted by molar-refractivity contribution is 0.162. The summed E-state index contributed by atoms with van der Waals surface area (Å²) in [6.45, 7) is 11.2. The normalized spacial score (nSPS) is 16.9. The molecule has 1 aromatic rings. The first-order valence-electron chi connectivity index (χ1n) is 8.06. The fourth-order valence-corrected chi connectivity index (χ4v) is 2.78. The first-order chi connectivity index (χ1) is 9.54. The van der Waals surface area contributed by atoms with Crippen molar-refractivity contribution in [2.45, 2.75) is 59.0 Å². The quantitative estimate of drug-likeness (QED) is 0.872. The monoisotopic (exact) mass is 275 g/mol. The lowest BCUT2D eigenvalue weighted by Crippen LogP contribution is -2.34. The van der Waals surface area contributed by atoms with Crippen molar-refractivity contribution in [3.05, 3.63) is 29.3 Å². The minimum Gasteiger partial charge on any atom is -0.490 e. The van der Waals surface area contributed by atoms with Gasteiger partial charge < -0.3 is 10.1 Å². The summed E-state index contributed by atoms with van der Waals surface area (Å²) in [5.41, 5.74) is 2.81. The minimum atomic E-state index is 0.380. The molecule has 2 heteroatoms. The summed E-state index contributed by atoms with van der Waals surface area (Å²) < 4.78 is 6.23. The maximum absolute atomic E-state index is 6.23. The summed E-state index contributed by atoms with van der Waals surface area (Å²) in [6.07, 6.45) is 3.74. The molecule has 0 atom stereocenters. The molecule has 0 aliphatic carbocycles. The summed E-state index contributed by atoms with van der Waals surface area (Å²) in [6, 6.07) is 6.82. The van der Waals surface area contributed by atoms with E-state index >= 15 is 0 Å². The van der Waals surface area contributed by atoms with Crippen LogP contribution < -0.4 is 10.1 Å². The van der Waals surface area contributed by atoms with E-state index < -0.39 is 0 Å². The molecule has 1 fully saturated rings. The number of benzene rings is 1. The van der Waals surface area contributed by atoms with Gasteiger partial charge >= 0.3 is 0 Å². The van der Waals surface area contributed by atoms with E-state index in [1.807, 2.05) is 0 Å². The number of rotatable bonds is 5. The van der Waals surface area contributed by atoms with Crippen LogP contribution in [0.5, 0.6) is 5.75 Å². The molecule has 1 heterocycles. The highest BCUT2D eigenvalue weighted by atomic mass is 16.5. The van der Waals surface area contributed by atoms with Gasteiger partial charge in [-0.05, 0) is 67.4 Å². The van der Waals surface area contributed by atoms with E-state index in [-0.39, 0.29) is 0 Å². The molecule has 2 rings (SSSR count). The SMILES string of the molecule is CC(C)Cc1cc(OC2CCNCC2)cc(C(C)C)c1. The lowest BCUT2D eigenvalue weighted by Gasteiger charge is -2.25. The van der Waals surface area contributed by atoms with Crippen molar-refractivity contribution >= 4 is 0 Å². The van der Waals surface area contributed by atoms with Gasteiger partial charge in [0.1, 0.15) is 11.9 Å². The number of piperidine rings is 1. The van der Waals surface area contributed by atoms with E-state index in [0.29, 0.717) is 17.9 Å². The smallest absolute Gasteiger partial charge is 0.120 e. The molecule has 112 valence electrons. The predicted octanol–water partition coefficient (Wildman–Crippen LogP) is 4.14. The van der Waals surface area contributed by atoms with Crippen LogP contribution in [-0.2, 0) is 6.42 Å². The van der Waals surface area contributed by atoms with Gasteiger partial charge in [0, 0.05) is 0 Å². The number of nitrogens with one attached hydrogen (secondary N) is 1. The highest BCUT2D eigenvalue weighted by Gasteiger charge is 2.15. The van der Waals surface area contributed by atoms with Gasteiger partial charge in [0.05, 0.1) is 0 Å². The largest absolute Gasteiger partial charge is 0.490 e. The molecule has 1 saturated heterocycles. The van der Waals surface area contributed by atoms with Gasteiger partial charge in [-0.1, -0.05) is 33.8 Å². The molecule has 0 spiro atoms. The molecule has 0 radical (unpaired) electrons. The lowest BCUT2D eigenvalue weighted by atomic mass is 9.96. The summed E-state index contributed by atoms with van der Waals surface area (Å²) in [4.78, 5) is 0. The molecule has 0 aromatic heterocycles. The average Bonchev–Trinajstić information content (AvgIpc) is 2.38. The van der Waals surface area contributed by atoms with Crippen LogP contribution in [0, 0.1) is 5.92 Å². The fraction of sp³-hybridized carbons (Fsp3) is 0.667. The highest BCUT2D eigenvalue weighted by Crippen LogP contribution is 2.26. The Hall–Kier alpha value is -1.02. The fourth-order valence-electron chi connectivity index (χ4n) is 2.78. The summed E-state index contributed by atoms with van der Waals surface area (Å²) in [5, 5.41) is 3.39. The van der Waals surface area contributed by atoms with Crippen LogP contribution in [0.15, 0.2) is 18.2 Å². The number of ether oxygens (including phenoxy) is 1. The second kappa shape index (κ2) is 7.12. The Morgan fingerprint density at radius 1 is 1.10 bits per heavy atom. The summed E-state index contributed by atoms with van der Waals surface area (Å²) in [5.74, 6) is 2.31. The zero-order chi connectivity index (χ0) is 14.5. The van der Waals surface area contributed by atoms with Crippen LogP contribution >= 0.6 is 0 Å². The second-order valence-electron chi connectivity index (χ2n) is 6.73. The van der Waals surface area contributed by atoms with Crippen LogP contribution in [0.25, 0.3) is 0 Å². The third-order valence-corrected chi connectivity index (χ3v) is 3.89. The third-order valence-electron chi connectivity index (χ3n) is 3.89. The Balaban J connectivity index is 2.14. The molecular formula is C18H29NO. The topological polar surface area (TPSA) is 21.3 Å². The van der Waals surface area contributed by atoms with E-state index in [1.165, 1.54) is 11.1 Å². The van der Waals surface area contributed by atoms with Crippen molar-refractivity contribution in [2.75, 3.05) is 13.1 Å². The van der Waals surface area contributed by atoms with E-state index in [2.05, 4.69) is 51.2 Å². The van der Waals surface area contributed by atoms with Gasteiger partial charge in [0.2, 0.25) is 0 Å². The first kappa shape index (κ1) is 15.4. The van der Waals surface area contributed by atoms with Crippen LogP contribution in [0.3, 0.4) is 0 Å². The van der Waals surface area contributed by atoms with Crippen molar-refractivity contribution in [1.29, 1.82) is 0 Å². The van der Waals surface area contributed by atoms with Crippen LogP contribution in [0.4, 0.5) is 0 Å². The molecule has 20 heavy (non-hydrogen) atoms. The molecule has 1 aromatic carbocycles. The van der Waals surface area contributed by atoms with Crippen LogP contribution in [0.2, 0.25) is 0 Å². The number of hydrogen-bond acceptors (Lipinski definition) is 2. The zero-order valence-corrected chi connectivity index (χ0v) is 13.4. The van der Waals surface area contributed by atoms with Gasteiger partial charge in [0.25, 0.3) is 0 Å². The van der Waals surface area contributed by atoms with Crippen LogP contribution in [0.1, 0.15) is 57.6 Å². The zero-order valence-electron chi connectivity index (χ0n) is 13.4. The maximum atomic E-state index is 6.23. The Labute approximate surface area is 123 Å². The molecule has 2 nitrogen and oxygen atoms in total. The Kier molecular flexibility index (Phi) is 5.47. The van der Waals surface area contributed by atoms with Crippen molar-refractivity contribution in [2.24, 2.45) is 5.92 Å². The molecule has 0 amide bonds. The second-order valence-corrected chi connectivity index (χ2v) is 6.73. The molecule has 0 saturated carbocycles. The van der Waals surface area contributed by atoms with E-state index in [0.717, 1.165) is 38.1 Å². The molecule has 1 N–H and O–H groups in total. The Morgan fingerprint density at radius 3 is 2.40 bits per heavy atom. The van der Waals surface area contributed by atoms with E-state index in [1.54, 1.807) is 0 Å². The van der Waals surface area contributed by atoms with Crippen molar-refractivity contribution in [1.82, 2.24) is 5.32 Å². The highest BCUT2D eigenvalue weighted by molar-refractivity contribution is 5.36. The van der Waals surface area contributed by atoms with Gasteiger partial charge in [-0.15, -0.1) is 0 Å². The van der Waals surface area contributed by atoms with Gasteiger partial charge in [-0.3, -0.25) is 0 Å². The van der Waals surface area contributed by atoms with Gasteiger partial charge in [-0.25, -0.2) is 0 Å². The minimum absolute atomic E-state index is 0.380. The predicted molar refractivity (Wildman–Crippen MR) is 85.6 cm³/mol. The summed E-state index contributed by atoms with van der Waals surface area (Å²) in [7, 11) is 0.